The number of benzene rings is 2. The quantitative estimate of drug-likeness (QED) is 0.602. The van der Waals surface area contributed by atoms with Crippen LogP contribution in [0.5, 0.6) is 0 Å². The first-order chi connectivity index (χ1) is 15.2. The SMILES string of the molecule is CC(C)(C)OC(=O)N[C@H](CCNC(=O)OCC1c2ccccc2-c2ccccc21)C(=O)O. The smallest absolute Gasteiger partial charge is 0.408 e. The Kier molecular flexibility index (Phi) is 7.02. The fraction of sp³-hybridized carbons (Fsp3) is 0.375. The van der Waals surface area contributed by atoms with Crippen molar-refractivity contribution >= 4 is 18.2 Å². The summed E-state index contributed by atoms with van der Waals surface area (Å²) < 4.78 is 10.5. The fourth-order valence-corrected chi connectivity index (χ4v) is 3.68. The Labute approximate surface area is 186 Å². The van der Waals surface area contributed by atoms with Gasteiger partial charge in [0.15, 0.2) is 0 Å². The number of hydrogen-bond acceptors (Lipinski definition) is 5. The van der Waals surface area contributed by atoms with Crippen molar-refractivity contribution in [3.8, 4) is 11.1 Å². The Balaban J connectivity index is 1.50. The van der Waals surface area contributed by atoms with E-state index in [0.717, 1.165) is 22.3 Å². The summed E-state index contributed by atoms with van der Waals surface area (Å²) in [7, 11) is 0. The normalized spacial score (nSPS) is 13.5. The number of ether oxygens (including phenoxy) is 2. The van der Waals surface area contributed by atoms with Gasteiger partial charge in [0.25, 0.3) is 0 Å². The molecule has 0 aliphatic heterocycles. The Morgan fingerprint density at radius 3 is 2.06 bits per heavy atom. The van der Waals surface area contributed by atoms with E-state index < -0.39 is 29.8 Å². The average Bonchev–Trinajstić information content (AvgIpc) is 3.04. The maximum absolute atomic E-state index is 12.2. The largest absolute Gasteiger partial charge is 0.480 e. The molecule has 0 unspecified atom stereocenters. The van der Waals surface area contributed by atoms with Gasteiger partial charge in [0.2, 0.25) is 0 Å². The van der Waals surface area contributed by atoms with Crippen LogP contribution in [-0.4, -0.2) is 48.1 Å². The molecular formula is C24H28N2O6. The molecule has 3 N–H and O–H groups in total. The van der Waals surface area contributed by atoms with Gasteiger partial charge < -0.3 is 25.2 Å². The Hall–Kier alpha value is -3.55. The van der Waals surface area contributed by atoms with Crippen LogP contribution >= 0.6 is 0 Å². The maximum Gasteiger partial charge on any atom is 0.408 e. The van der Waals surface area contributed by atoms with Crippen molar-refractivity contribution in [2.24, 2.45) is 0 Å². The molecule has 0 fully saturated rings. The van der Waals surface area contributed by atoms with Crippen LogP contribution in [0.2, 0.25) is 0 Å². The molecule has 2 aromatic carbocycles. The highest BCUT2D eigenvalue weighted by Gasteiger charge is 2.29. The predicted molar refractivity (Wildman–Crippen MR) is 118 cm³/mol. The molecule has 2 aromatic rings. The summed E-state index contributed by atoms with van der Waals surface area (Å²) in [5, 5.41) is 14.1. The molecule has 0 radical (unpaired) electrons. The number of rotatable bonds is 7. The van der Waals surface area contributed by atoms with Crippen LogP contribution in [0, 0.1) is 0 Å². The van der Waals surface area contributed by atoms with E-state index >= 15 is 0 Å². The molecule has 1 atom stereocenters. The number of nitrogens with one attached hydrogen (secondary N) is 2. The summed E-state index contributed by atoms with van der Waals surface area (Å²) in [5.41, 5.74) is 3.74. The van der Waals surface area contributed by atoms with E-state index in [2.05, 4.69) is 22.8 Å². The molecule has 0 spiro atoms. The molecule has 0 heterocycles. The number of aliphatic carboxylic acids is 1. The van der Waals surface area contributed by atoms with Crippen molar-refractivity contribution in [1.29, 1.82) is 0 Å². The van der Waals surface area contributed by atoms with E-state index in [1.807, 2.05) is 36.4 Å². The second-order valence-corrected chi connectivity index (χ2v) is 8.58. The molecule has 32 heavy (non-hydrogen) atoms. The number of alkyl carbamates (subject to hydrolysis) is 2. The van der Waals surface area contributed by atoms with E-state index in [-0.39, 0.29) is 25.5 Å². The van der Waals surface area contributed by atoms with E-state index in [1.54, 1.807) is 20.8 Å². The molecule has 0 saturated carbocycles. The van der Waals surface area contributed by atoms with Gasteiger partial charge in [0, 0.05) is 12.5 Å². The van der Waals surface area contributed by atoms with Crippen LogP contribution in [-0.2, 0) is 14.3 Å². The third-order valence-electron chi connectivity index (χ3n) is 5.04. The number of carbonyl (C=O) groups is 3. The van der Waals surface area contributed by atoms with Gasteiger partial charge in [-0.1, -0.05) is 48.5 Å². The van der Waals surface area contributed by atoms with Crippen LogP contribution in [0.15, 0.2) is 48.5 Å². The highest BCUT2D eigenvalue weighted by molar-refractivity contribution is 5.80. The van der Waals surface area contributed by atoms with Crippen molar-refractivity contribution in [2.45, 2.75) is 44.8 Å². The second kappa shape index (κ2) is 9.72. The lowest BCUT2D eigenvalue weighted by atomic mass is 9.98. The summed E-state index contributed by atoms with van der Waals surface area (Å²) in [6.07, 6.45) is -1.49. The first-order valence-corrected chi connectivity index (χ1v) is 10.5. The van der Waals surface area contributed by atoms with Gasteiger partial charge in [0.05, 0.1) is 0 Å². The number of fused-ring (bicyclic) bond motifs is 3. The van der Waals surface area contributed by atoms with Gasteiger partial charge in [-0.05, 0) is 49.4 Å². The zero-order valence-corrected chi connectivity index (χ0v) is 18.4. The fourth-order valence-electron chi connectivity index (χ4n) is 3.68. The third-order valence-corrected chi connectivity index (χ3v) is 5.04. The van der Waals surface area contributed by atoms with E-state index in [4.69, 9.17) is 9.47 Å². The number of carboxylic acids is 1. The first-order valence-electron chi connectivity index (χ1n) is 10.5. The number of carboxylic acid groups (broad SMARTS) is 1. The number of amides is 2. The van der Waals surface area contributed by atoms with Gasteiger partial charge in [-0.2, -0.15) is 0 Å². The lowest BCUT2D eigenvalue weighted by molar-refractivity contribution is -0.139. The zero-order valence-electron chi connectivity index (χ0n) is 18.4. The van der Waals surface area contributed by atoms with Gasteiger partial charge in [-0.15, -0.1) is 0 Å². The van der Waals surface area contributed by atoms with Crippen molar-refractivity contribution in [1.82, 2.24) is 10.6 Å². The summed E-state index contributed by atoms with van der Waals surface area (Å²) in [4.78, 5) is 35.4. The summed E-state index contributed by atoms with van der Waals surface area (Å²) >= 11 is 0. The molecule has 1 aliphatic rings. The second-order valence-electron chi connectivity index (χ2n) is 8.58. The van der Waals surface area contributed by atoms with Crippen LogP contribution in [0.3, 0.4) is 0 Å². The third kappa shape index (κ3) is 5.78. The highest BCUT2D eigenvalue weighted by Crippen LogP contribution is 2.44. The number of carbonyl (C=O) groups excluding carboxylic acids is 2. The number of hydrogen-bond donors (Lipinski definition) is 3. The molecule has 1 aliphatic carbocycles. The summed E-state index contributed by atoms with van der Waals surface area (Å²) in [6, 6.07) is 14.9. The van der Waals surface area contributed by atoms with Gasteiger partial charge in [0.1, 0.15) is 18.2 Å². The van der Waals surface area contributed by atoms with Crippen LogP contribution in [0.25, 0.3) is 11.1 Å². The van der Waals surface area contributed by atoms with Crippen molar-refractivity contribution in [3.63, 3.8) is 0 Å². The molecule has 0 bridgehead atoms. The summed E-state index contributed by atoms with van der Waals surface area (Å²) in [6.45, 7) is 5.23. The lowest BCUT2D eigenvalue weighted by Gasteiger charge is -2.22. The average molecular weight is 440 g/mol. The van der Waals surface area contributed by atoms with Crippen LogP contribution in [0.4, 0.5) is 9.59 Å². The Morgan fingerprint density at radius 1 is 0.969 bits per heavy atom. The molecular weight excluding hydrogens is 412 g/mol. The molecule has 2 amide bonds. The van der Waals surface area contributed by atoms with Gasteiger partial charge in [-0.25, -0.2) is 14.4 Å². The van der Waals surface area contributed by atoms with Crippen LogP contribution in [0.1, 0.15) is 44.2 Å². The molecule has 170 valence electrons. The first kappa shape index (κ1) is 23.1. The molecule has 8 heteroatoms. The molecule has 3 rings (SSSR count). The predicted octanol–water partition coefficient (Wildman–Crippen LogP) is 3.89. The lowest BCUT2D eigenvalue weighted by Crippen LogP contribution is -2.45. The summed E-state index contributed by atoms with van der Waals surface area (Å²) in [5.74, 6) is -1.28. The van der Waals surface area contributed by atoms with Crippen LogP contribution < -0.4 is 10.6 Å². The highest BCUT2D eigenvalue weighted by atomic mass is 16.6. The zero-order chi connectivity index (χ0) is 23.3. The monoisotopic (exact) mass is 440 g/mol. The topological polar surface area (TPSA) is 114 Å². The van der Waals surface area contributed by atoms with E-state index in [0.29, 0.717) is 0 Å². The minimum Gasteiger partial charge on any atom is -0.480 e. The Morgan fingerprint density at radius 2 is 1.53 bits per heavy atom. The van der Waals surface area contributed by atoms with E-state index in [9.17, 15) is 19.5 Å². The molecule has 0 aromatic heterocycles. The minimum absolute atomic E-state index is 0.0151. The van der Waals surface area contributed by atoms with Crippen molar-refractivity contribution < 1.29 is 29.0 Å². The van der Waals surface area contributed by atoms with Crippen molar-refractivity contribution in [3.05, 3.63) is 59.7 Å². The van der Waals surface area contributed by atoms with E-state index in [1.165, 1.54) is 0 Å². The van der Waals surface area contributed by atoms with Crippen molar-refractivity contribution in [2.75, 3.05) is 13.2 Å². The van der Waals surface area contributed by atoms with Gasteiger partial charge in [-0.3, -0.25) is 0 Å². The molecule has 8 nitrogen and oxygen atoms in total. The standard InChI is InChI=1S/C24H28N2O6/c1-24(2,3)32-23(30)26-20(21(27)28)12-13-25-22(29)31-14-19-17-10-6-4-8-15(17)16-9-5-7-11-18(16)19/h4-11,19-20H,12-14H2,1-3H3,(H,25,29)(H,26,30)(H,27,28)/t20-/m1/s1. The Bertz CT molecular complexity index is 952. The minimum atomic E-state index is -1.22. The maximum atomic E-state index is 12.2. The van der Waals surface area contributed by atoms with Gasteiger partial charge >= 0.3 is 18.2 Å². The molecule has 0 saturated heterocycles.